The largest absolute Gasteiger partial charge is 0.406 e. The summed E-state index contributed by atoms with van der Waals surface area (Å²) < 4.78 is 57.1. The topological polar surface area (TPSA) is 32.3 Å². The fourth-order valence-corrected chi connectivity index (χ4v) is 4.31. The molecule has 0 aromatic heterocycles. The lowest BCUT2D eigenvalue weighted by atomic mass is 9.99. The maximum absolute atomic E-state index is 14.3. The van der Waals surface area contributed by atoms with Crippen LogP contribution >= 0.6 is 0 Å². The first-order valence-corrected chi connectivity index (χ1v) is 11.7. The van der Waals surface area contributed by atoms with Crippen LogP contribution in [0.5, 0.6) is 0 Å². The van der Waals surface area contributed by atoms with Crippen molar-refractivity contribution >= 4 is 11.0 Å². The van der Waals surface area contributed by atoms with Gasteiger partial charge in [0.2, 0.25) is 0 Å². The fraction of sp³-hybridized carbons (Fsp3) is 0.500. The first kappa shape index (κ1) is 25.6. The van der Waals surface area contributed by atoms with Gasteiger partial charge < -0.3 is 0 Å². The van der Waals surface area contributed by atoms with Crippen LogP contribution in [0.3, 0.4) is 0 Å². The lowest BCUT2D eigenvalue weighted by Gasteiger charge is -2.39. The molecule has 0 saturated heterocycles. The number of nitrogens with one attached hydrogen (secondary N) is 1. The molecule has 2 aromatic carbocycles. The van der Waals surface area contributed by atoms with Gasteiger partial charge in [0.15, 0.2) is 0 Å². The van der Waals surface area contributed by atoms with Gasteiger partial charge in [0.25, 0.3) is 0 Å². The Morgan fingerprint density at radius 2 is 1.35 bits per heavy atom. The quantitative estimate of drug-likeness (QED) is 0.489. The summed E-state index contributed by atoms with van der Waals surface area (Å²) in [5, 5.41) is 0. The summed E-state index contributed by atoms with van der Waals surface area (Å²) in [6, 6.07) is 16.2. The maximum Gasteiger partial charge on any atom is 0.406 e. The minimum atomic E-state index is -4.54. The van der Waals surface area contributed by atoms with E-state index in [2.05, 4.69) is 4.72 Å². The normalized spacial score (nSPS) is 15.6. The second-order valence-corrected chi connectivity index (χ2v) is 10.7. The average Bonchev–Trinajstić information content (AvgIpc) is 2.70. The van der Waals surface area contributed by atoms with Gasteiger partial charge in [-0.05, 0) is 38.3 Å². The minimum Gasteiger partial charge on any atom is -0.290 e. The van der Waals surface area contributed by atoms with E-state index < -0.39 is 34.0 Å². The van der Waals surface area contributed by atoms with Crippen molar-refractivity contribution in [3.05, 3.63) is 71.8 Å². The van der Waals surface area contributed by atoms with Gasteiger partial charge in [-0.3, -0.25) is 4.90 Å². The van der Waals surface area contributed by atoms with Crippen LogP contribution in [0, 0.1) is 0 Å². The zero-order chi connectivity index (χ0) is 23.1. The number of hydrogen-bond acceptors (Lipinski definition) is 2. The van der Waals surface area contributed by atoms with Crippen LogP contribution < -0.4 is 4.72 Å². The molecule has 3 nitrogen and oxygen atoms in total. The van der Waals surface area contributed by atoms with Crippen molar-refractivity contribution in [3.8, 4) is 0 Å². The molecule has 1 N–H and O–H groups in total. The lowest BCUT2D eigenvalue weighted by molar-refractivity contribution is -0.168. The highest BCUT2D eigenvalue weighted by Crippen LogP contribution is 2.30. The van der Waals surface area contributed by atoms with Crippen molar-refractivity contribution in [2.24, 2.45) is 0 Å². The number of nitrogens with zero attached hydrogens (tertiary/aromatic N) is 1. The van der Waals surface area contributed by atoms with Crippen LogP contribution in [0.25, 0.3) is 0 Å². The Hall–Kier alpha value is -1.70. The van der Waals surface area contributed by atoms with Gasteiger partial charge in [-0.2, -0.15) is 13.2 Å². The van der Waals surface area contributed by atoms with Crippen LogP contribution in [0.15, 0.2) is 60.7 Å². The summed E-state index contributed by atoms with van der Waals surface area (Å²) in [6.45, 7) is 7.64. The molecule has 7 heteroatoms. The van der Waals surface area contributed by atoms with E-state index in [4.69, 9.17) is 0 Å². The molecule has 0 aliphatic heterocycles. The second-order valence-electron chi connectivity index (χ2n) is 8.75. The molecule has 0 fully saturated rings. The van der Waals surface area contributed by atoms with Crippen LogP contribution in [0.4, 0.5) is 13.2 Å². The van der Waals surface area contributed by atoms with Gasteiger partial charge in [0.05, 0.1) is 15.7 Å². The molecule has 0 radical (unpaired) electrons. The molecule has 0 aliphatic carbocycles. The molecular weight excluding hydrogens is 421 g/mol. The molecule has 0 spiro atoms. The van der Waals surface area contributed by atoms with Crippen molar-refractivity contribution in [1.82, 2.24) is 9.62 Å². The number of alkyl halides is 3. The van der Waals surface area contributed by atoms with Crippen molar-refractivity contribution in [1.29, 1.82) is 0 Å². The highest BCUT2D eigenvalue weighted by molar-refractivity contribution is 7.84. The van der Waals surface area contributed by atoms with Crippen LogP contribution in [-0.4, -0.2) is 32.1 Å². The summed E-state index contributed by atoms with van der Waals surface area (Å²) in [4.78, 5) is 1.86. The Balaban J connectivity index is 2.44. The van der Waals surface area contributed by atoms with E-state index in [1.54, 1.807) is 20.8 Å². The summed E-state index contributed by atoms with van der Waals surface area (Å²) in [5.74, 6) is 0. The summed E-state index contributed by atoms with van der Waals surface area (Å²) in [7, 11) is -1.84. The zero-order valence-corrected chi connectivity index (χ0v) is 19.5. The predicted molar refractivity (Wildman–Crippen MR) is 122 cm³/mol. The van der Waals surface area contributed by atoms with Gasteiger partial charge in [-0.25, -0.2) is 8.93 Å². The van der Waals surface area contributed by atoms with Crippen molar-refractivity contribution in [3.63, 3.8) is 0 Å². The molecule has 0 amide bonds. The Labute approximate surface area is 186 Å². The molecule has 0 saturated carbocycles. The molecule has 0 heterocycles. The van der Waals surface area contributed by atoms with Gasteiger partial charge in [-0.15, -0.1) is 0 Å². The minimum absolute atomic E-state index is 0.332. The van der Waals surface area contributed by atoms with Gasteiger partial charge in [0.1, 0.15) is 6.04 Å². The van der Waals surface area contributed by atoms with E-state index in [-0.39, 0.29) is 0 Å². The molecule has 0 bridgehead atoms. The Morgan fingerprint density at radius 1 is 0.903 bits per heavy atom. The van der Waals surface area contributed by atoms with Crippen molar-refractivity contribution in [2.45, 2.75) is 76.6 Å². The molecule has 2 aromatic rings. The van der Waals surface area contributed by atoms with Crippen LogP contribution in [-0.2, 0) is 24.1 Å². The maximum atomic E-state index is 14.3. The predicted octanol–water partition coefficient (Wildman–Crippen LogP) is 5.84. The monoisotopic (exact) mass is 454 g/mol. The standard InChI is InChI=1S/C24H33F3N2OS/c1-5-12-21(22(24(25,26)27)28-31(30)23(2,3)4)29(17-19-13-8-6-9-14-19)18-20-15-10-7-11-16-20/h6-11,13-16,21-22,28H,5,12,17-18H2,1-4H3/t21-,22+,31?/m0/s1. The van der Waals surface area contributed by atoms with Crippen molar-refractivity contribution in [2.75, 3.05) is 0 Å². The molecule has 2 rings (SSSR count). The van der Waals surface area contributed by atoms with E-state index >= 15 is 0 Å². The number of halogens is 3. The van der Waals surface area contributed by atoms with E-state index in [0.717, 1.165) is 11.1 Å². The lowest BCUT2D eigenvalue weighted by Crippen LogP contribution is -2.58. The first-order chi connectivity index (χ1) is 14.5. The Kier molecular flexibility index (Phi) is 9.28. The molecule has 31 heavy (non-hydrogen) atoms. The van der Waals surface area contributed by atoms with Gasteiger partial charge in [-0.1, -0.05) is 74.0 Å². The molecule has 3 atom stereocenters. The number of hydrogen-bond donors (Lipinski definition) is 1. The Morgan fingerprint density at radius 3 is 1.71 bits per heavy atom. The molecule has 1 unspecified atom stereocenters. The smallest absolute Gasteiger partial charge is 0.290 e. The van der Waals surface area contributed by atoms with Gasteiger partial charge in [0, 0.05) is 19.1 Å². The third-order valence-electron chi connectivity index (χ3n) is 5.04. The summed E-state index contributed by atoms with van der Waals surface area (Å²) in [6.07, 6.45) is -3.62. The number of rotatable bonds is 10. The summed E-state index contributed by atoms with van der Waals surface area (Å²) in [5.41, 5.74) is 1.88. The zero-order valence-electron chi connectivity index (χ0n) is 18.7. The van der Waals surface area contributed by atoms with E-state index in [1.807, 2.05) is 72.5 Å². The average molecular weight is 455 g/mol. The summed E-state index contributed by atoms with van der Waals surface area (Å²) >= 11 is 0. The molecular formula is C24H33F3N2OS. The highest BCUT2D eigenvalue weighted by atomic mass is 32.2. The van der Waals surface area contributed by atoms with Crippen LogP contribution in [0.2, 0.25) is 0 Å². The molecule has 172 valence electrons. The van der Waals surface area contributed by atoms with Crippen molar-refractivity contribution < 1.29 is 17.4 Å². The molecule has 0 aliphatic rings. The number of benzene rings is 2. The highest BCUT2D eigenvalue weighted by Gasteiger charge is 2.48. The first-order valence-electron chi connectivity index (χ1n) is 10.6. The van der Waals surface area contributed by atoms with Gasteiger partial charge >= 0.3 is 6.18 Å². The Bertz CT molecular complexity index is 766. The third-order valence-corrected chi connectivity index (χ3v) is 6.62. The fourth-order valence-electron chi connectivity index (χ4n) is 3.44. The van der Waals surface area contributed by atoms with E-state index in [1.165, 1.54) is 0 Å². The van der Waals surface area contributed by atoms with E-state index in [9.17, 15) is 17.4 Å². The van der Waals surface area contributed by atoms with Crippen LogP contribution in [0.1, 0.15) is 51.7 Å². The SMILES string of the molecule is CCC[C@@H]([C@@H](NS(=O)C(C)(C)C)C(F)(F)F)N(Cc1ccccc1)Cc1ccccc1. The third kappa shape index (κ3) is 8.05. The second kappa shape index (κ2) is 11.2. The van der Waals surface area contributed by atoms with E-state index in [0.29, 0.717) is 25.9 Å².